The fourth-order valence-electron chi connectivity index (χ4n) is 4.30. The molecule has 7 nitrogen and oxygen atoms in total. The van der Waals surface area contributed by atoms with E-state index in [9.17, 15) is 10.2 Å². The summed E-state index contributed by atoms with van der Waals surface area (Å²) >= 11 is 0. The van der Waals surface area contributed by atoms with Crippen molar-refractivity contribution in [2.75, 3.05) is 6.61 Å². The second-order valence-electron chi connectivity index (χ2n) is 8.23. The smallest absolute Gasteiger partial charge is 0.154 e. The third-order valence-electron chi connectivity index (χ3n) is 6.19. The first-order valence-electron chi connectivity index (χ1n) is 10.5. The fourth-order valence-corrected chi connectivity index (χ4v) is 4.30. The zero-order chi connectivity index (χ0) is 21.4. The van der Waals surface area contributed by atoms with Crippen LogP contribution < -0.4 is 5.73 Å². The summed E-state index contributed by atoms with van der Waals surface area (Å²) in [4.78, 5) is 9.32. The molecule has 1 fully saturated rings. The zero-order valence-electron chi connectivity index (χ0n) is 17.1. The molecule has 0 spiro atoms. The molecule has 4 N–H and O–H groups in total. The molecule has 5 rings (SSSR count). The minimum absolute atomic E-state index is 0.116. The van der Waals surface area contributed by atoms with Crippen molar-refractivity contribution in [2.45, 2.75) is 25.5 Å². The van der Waals surface area contributed by atoms with E-state index in [4.69, 9.17) is 10.7 Å². The Bertz CT molecular complexity index is 1220. The number of rotatable bonds is 6. The number of aliphatic hydroxyl groups is 2. The highest BCUT2D eigenvalue weighted by Crippen LogP contribution is 2.40. The third-order valence-corrected chi connectivity index (χ3v) is 6.19. The van der Waals surface area contributed by atoms with Gasteiger partial charge in [0.1, 0.15) is 0 Å². The molecule has 3 heterocycles. The number of aliphatic hydroxyl groups excluding tert-OH is 2. The maximum atomic E-state index is 9.40. The van der Waals surface area contributed by atoms with Crippen molar-refractivity contribution in [1.82, 2.24) is 19.7 Å². The molecule has 3 aromatic heterocycles. The Labute approximate surface area is 180 Å². The normalized spacial score (nSPS) is 19.3. The predicted molar refractivity (Wildman–Crippen MR) is 118 cm³/mol. The van der Waals surface area contributed by atoms with E-state index in [2.05, 4.69) is 16.1 Å². The molecule has 7 heteroatoms. The molecular formula is C24H25N5O2. The monoisotopic (exact) mass is 415 g/mol. The van der Waals surface area contributed by atoms with Gasteiger partial charge >= 0.3 is 0 Å². The molecule has 0 aliphatic heterocycles. The van der Waals surface area contributed by atoms with E-state index in [1.165, 1.54) is 0 Å². The Morgan fingerprint density at radius 2 is 1.87 bits per heavy atom. The van der Waals surface area contributed by atoms with Gasteiger partial charge in [0.15, 0.2) is 5.82 Å². The lowest BCUT2D eigenvalue weighted by Gasteiger charge is -2.37. The van der Waals surface area contributed by atoms with Gasteiger partial charge < -0.3 is 15.9 Å². The molecule has 0 amide bonds. The van der Waals surface area contributed by atoms with Crippen molar-refractivity contribution in [3.8, 4) is 17.1 Å². The lowest BCUT2D eigenvalue weighted by molar-refractivity contribution is 0.0906. The van der Waals surface area contributed by atoms with Gasteiger partial charge in [-0.25, -0.2) is 9.67 Å². The number of pyridine rings is 2. The average molecular weight is 415 g/mol. The number of nitrogens with zero attached hydrogens (tertiary/aromatic N) is 4. The molecular weight excluding hydrogens is 390 g/mol. The average Bonchev–Trinajstić information content (AvgIpc) is 3.22. The first-order chi connectivity index (χ1) is 15.2. The SMILES string of the molecule is NC(c1cccc(-c2ccc3cnn(-c4cccc(CO)n4)c3c2)n1)[C@H]1C[C@@H](CO)C1. The van der Waals surface area contributed by atoms with E-state index in [-0.39, 0.29) is 19.3 Å². The van der Waals surface area contributed by atoms with Crippen LogP contribution in [0.5, 0.6) is 0 Å². The minimum Gasteiger partial charge on any atom is -0.396 e. The Balaban J connectivity index is 1.48. The van der Waals surface area contributed by atoms with Crippen LogP contribution >= 0.6 is 0 Å². The summed E-state index contributed by atoms with van der Waals surface area (Å²) in [7, 11) is 0. The summed E-state index contributed by atoms with van der Waals surface area (Å²) in [5.41, 5.74) is 10.7. The zero-order valence-corrected chi connectivity index (χ0v) is 17.1. The molecule has 0 saturated heterocycles. The highest BCUT2D eigenvalue weighted by Gasteiger charge is 2.34. The van der Waals surface area contributed by atoms with Gasteiger partial charge in [0.25, 0.3) is 0 Å². The van der Waals surface area contributed by atoms with Crippen LogP contribution in [0, 0.1) is 11.8 Å². The Hall–Kier alpha value is -3.13. The molecule has 1 aliphatic rings. The van der Waals surface area contributed by atoms with Gasteiger partial charge in [-0.1, -0.05) is 24.3 Å². The van der Waals surface area contributed by atoms with Gasteiger partial charge in [-0.3, -0.25) is 4.98 Å². The van der Waals surface area contributed by atoms with Crippen molar-refractivity contribution < 1.29 is 10.2 Å². The molecule has 4 aromatic rings. The van der Waals surface area contributed by atoms with E-state index in [0.29, 0.717) is 23.3 Å². The first kappa shape index (κ1) is 19.8. The Morgan fingerprint density at radius 3 is 2.68 bits per heavy atom. The summed E-state index contributed by atoms with van der Waals surface area (Å²) in [6.45, 7) is 0.121. The van der Waals surface area contributed by atoms with Gasteiger partial charge in [-0.15, -0.1) is 0 Å². The van der Waals surface area contributed by atoms with E-state index in [1.807, 2.05) is 42.5 Å². The maximum Gasteiger partial charge on any atom is 0.154 e. The van der Waals surface area contributed by atoms with Crippen molar-refractivity contribution in [3.05, 3.63) is 72.2 Å². The Morgan fingerprint density at radius 1 is 1.03 bits per heavy atom. The number of fused-ring (bicyclic) bond motifs is 1. The van der Waals surface area contributed by atoms with E-state index < -0.39 is 0 Å². The van der Waals surface area contributed by atoms with Crippen LogP contribution in [0.15, 0.2) is 60.8 Å². The summed E-state index contributed by atoms with van der Waals surface area (Å²) < 4.78 is 1.77. The number of hydrogen-bond donors (Lipinski definition) is 3. The Kier molecular flexibility index (Phi) is 5.23. The van der Waals surface area contributed by atoms with Crippen LogP contribution in [0.2, 0.25) is 0 Å². The molecule has 0 bridgehead atoms. The van der Waals surface area contributed by atoms with Crippen molar-refractivity contribution >= 4 is 10.9 Å². The van der Waals surface area contributed by atoms with Gasteiger partial charge in [-0.2, -0.15) is 5.10 Å². The molecule has 31 heavy (non-hydrogen) atoms. The van der Waals surface area contributed by atoms with Crippen LogP contribution in [0.4, 0.5) is 0 Å². The standard InChI is InChI=1S/C24H25N5O2/c25-24(18-9-15(10-18)13-30)21-5-2-4-20(28-21)16-7-8-17-12-26-29(22(17)11-16)23-6-1-3-19(14-31)27-23/h1-8,11-12,15,18,24,30-31H,9-10,13-14,25H2/t15-,18+,24?. The molecule has 1 unspecified atom stereocenters. The molecule has 1 aromatic carbocycles. The van der Waals surface area contributed by atoms with Gasteiger partial charge in [0.05, 0.1) is 35.4 Å². The minimum atomic E-state index is -0.123. The third kappa shape index (κ3) is 3.72. The largest absolute Gasteiger partial charge is 0.396 e. The quantitative estimate of drug-likeness (QED) is 0.447. The summed E-state index contributed by atoms with van der Waals surface area (Å²) in [5, 5.41) is 24.2. The van der Waals surface area contributed by atoms with Crippen molar-refractivity contribution in [3.63, 3.8) is 0 Å². The van der Waals surface area contributed by atoms with Crippen LogP contribution in [-0.4, -0.2) is 36.6 Å². The highest BCUT2D eigenvalue weighted by atomic mass is 16.3. The number of hydrogen-bond acceptors (Lipinski definition) is 6. The molecule has 0 radical (unpaired) electrons. The number of aromatic nitrogens is 4. The summed E-state index contributed by atoms with van der Waals surface area (Å²) in [6, 6.07) is 17.5. The van der Waals surface area contributed by atoms with E-state index in [0.717, 1.165) is 40.7 Å². The first-order valence-corrected chi connectivity index (χ1v) is 10.5. The second kappa shape index (κ2) is 8.19. The van der Waals surface area contributed by atoms with Crippen LogP contribution in [0.25, 0.3) is 28.0 Å². The van der Waals surface area contributed by atoms with Crippen LogP contribution in [0.1, 0.15) is 30.3 Å². The van der Waals surface area contributed by atoms with Crippen molar-refractivity contribution in [2.24, 2.45) is 17.6 Å². The molecule has 1 atom stereocenters. The topological polar surface area (TPSA) is 110 Å². The number of nitrogens with two attached hydrogens (primary N) is 1. The van der Waals surface area contributed by atoms with Gasteiger partial charge in [-0.05, 0) is 55.0 Å². The van der Waals surface area contributed by atoms with Crippen LogP contribution in [-0.2, 0) is 6.61 Å². The summed E-state index contributed by atoms with van der Waals surface area (Å²) in [5.74, 6) is 1.40. The summed E-state index contributed by atoms with van der Waals surface area (Å²) in [6.07, 6.45) is 3.71. The van der Waals surface area contributed by atoms with Gasteiger partial charge in [0.2, 0.25) is 0 Å². The fraction of sp³-hybridized carbons (Fsp3) is 0.292. The highest BCUT2D eigenvalue weighted by molar-refractivity contribution is 5.84. The van der Waals surface area contributed by atoms with Gasteiger partial charge in [0, 0.05) is 23.6 Å². The predicted octanol–water partition coefficient (Wildman–Crippen LogP) is 2.99. The molecule has 158 valence electrons. The van der Waals surface area contributed by atoms with Crippen molar-refractivity contribution in [1.29, 1.82) is 0 Å². The lowest BCUT2D eigenvalue weighted by Crippen LogP contribution is -2.35. The molecule has 1 aliphatic carbocycles. The van der Waals surface area contributed by atoms with E-state index >= 15 is 0 Å². The maximum absolute atomic E-state index is 9.40. The van der Waals surface area contributed by atoms with Crippen LogP contribution in [0.3, 0.4) is 0 Å². The number of benzene rings is 1. The molecule has 1 saturated carbocycles. The van der Waals surface area contributed by atoms with E-state index in [1.54, 1.807) is 16.9 Å². The second-order valence-corrected chi connectivity index (χ2v) is 8.23. The lowest BCUT2D eigenvalue weighted by atomic mass is 9.71.